The second-order valence-corrected chi connectivity index (χ2v) is 6.00. The Morgan fingerprint density at radius 2 is 2.04 bits per heavy atom. The van der Waals surface area contributed by atoms with Crippen LogP contribution in [0.5, 0.6) is 0 Å². The third-order valence-corrected chi connectivity index (χ3v) is 4.10. The number of aromatic nitrogens is 2. The monoisotopic (exact) mass is 391 g/mol. The molecule has 3 atom stereocenters. The molecule has 2 aromatic rings. The normalized spacial score (nSPS) is 21.3. The number of benzene rings is 1. The summed E-state index contributed by atoms with van der Waals surface area (Å²) in [7, 11) is 0. The van der Waals surface area contributed by atoms with Gasteiger partial charge in [0.05, 0.1) is 17.6 Å². The van der Waals surface area contributed by atoms with Crippen LogP contribution in [0.2, 0.25) is 0 Å². The number of hydrogen-bond acceptors (Lipinski definition) is 8. The van der Waals surface area contributed by atoms with Gasteiger partial charge in [-0.3, -0.25) is 20.0 Å². The number of carbonyl (C=O) groups excluding carboxylic acids is 1. The second-order valence-electron chi connectivity index (χ2n) is 6.00. The number of nitrogens with one attached hydrogen (secondary N) is 2. The Balaban J connectivity index is 1.63. The first-order chi connectivity index (χ1) is 13.4. The predicted octanol–water partition coefficient (Wildman–Crippen LogP) is 0.436. The number of non-ortho nitro benzene ring substituents is 1. The van der Waals surface area contributed by atoms with E-state index in [9.17, 15) is 24.8 Å². The highest BCUT2D eigenvalue weighted by molar-refractivity contribution is 5.99. The summed E-state index contributed by atoms with van der Waals surface area (Å²) in [5, 5.41) is 34.3. The van der Waals surface area contributed by atoms with Gasteiger partial charge in [-0.05, 0) is 18.2 Å². The van der Waals surface area contributed by atoms with E-state index >= 15 is 0 Å². The third-order valence-electron chi connectivity index (χ3n) is 4.10. The molecule has 2 heterocycles. The van der Waals surface area contributed by atoms with E-state index in [1.54, 1.807) is 0 Å². The van der Waals surface area contributed by atoms with Crippen LogP contribution in [0.3, 0.4) is 0 Å². The molecular formula is C16H17N5O7. The van der Waals surface area contributed by atoms with Crippen molar-refractivity contribution in [3.05, 3.63) is 57.1 Å². The molecule has 0 radical (unpaired) electrons. The van der Waals surface area contributed by atoms with Gasteiger partial charge in [0.25, 0.3) is 5.69 Å². The molecular weight excluding hydrogens is 374 g/mol. The molecule has 2 amide bonds. The van der Waals surface area contributed by atoms with Crippen LogP contribution < -0.4 is 16.3 Å². The molecule has 12 nitrogen and oxygen atoms in total. The highest BCUT2D eigenvalue weighted by atomic mass is 16.6. The smallest absolute Gasteiger partial charge is 0.351 e. The van der Waals surface area contributed by atoms with Crippen molar-refractivity contribution in [3.8, 4) is 0 Å². The van der Waals surface area contributed by atoms with Crippen LogP contribution in [0.4, 0.5) is 22.0 Å². The minimum absolute atomic E-state index is 0.0158. The zero-order valence-corrected chi connectivity index (χ0v) is 14.4. The van der Waals surface area contributed by atoms with Gasteiger partial charge in [0.15, 0.2) is 0 Å². The minimum atomic E-state index is -0.896. The number of nitrogens with zero attached hydrogens (tertiary/aromatic N) is 3. The number of nitro benzene ring substituents is 1. The van der Waals surface area contributed by atoms with E-state index < -0.39 is 35.1 Å². The molecule has 12 heteroatoms. The first-order valence-electron chi connectivity index (χ1n) is 8.23. The van der Waals surface area contributed by atoms with Gasteiger partial charge in [0, 0.05) is 30.4 Å². The second kappa shape index (κ2) is 8.12. The zero-order valence-electron chi connectivity index (χ0n) is 14.4. The number of urea groups is 1. The van der Waals surface area contributed by atoms with Crippen molar-refractivity contribution in [1.29, 1.82) is 0 Å². The summed E-state index contributed by atoms with van der Waals surface area (Å²) >= 11 is 0. The Morgan fingerprint density at radius 1 is 1.32 bits per heavy atom. The highest BCUT2D eigenvalue weighted by Crippen LogP contribution is 2.27. The summed E-state index contributed by atoms with van der Waals surface area (Å²) in [4.78, 5) is 37.9. The topological polar surface area (TPSA) is 169 Å². The molecule has 4 N–H and O–H groups in total. The quantitative estimate of drug-likeness (QED) is 0.420. The van der Waals surface area contributed by atoms with Crippen molar-refractivity contribution >= 4 is 23.2 Å². The predicted molar refractivity (Wildman–Crippen MR) is 95.9 cm³/mol. The maximum atomic E-state index is 12.2. The average molecular weight is 391 g/mol. The van der Waals surface area contributed by atoms with E-state index in [4.69, 9.17) is 9.84 Å². The molecule has 0 saturated carbocycles. The lowest BCUT2D eigenvalue weighted by Crippen LogP contribution is -2.29. The van der Waals surface area contributed by atoms with Gasteiger partial charge < -0.3 is 20.3 Å². The van der Waals surface area contributed by atoms with Crippen LogP contribution in [0.25, 0.3) is 0 Å². The summed E-state index contributed by atoms with van der Waals surface area (Å²) in [5.41, 5.74) is -0.498. The Bertz CT molecular complexity index is 930. The molecule has 0 spiro atoms. The van der Waals surface area contributed by atoms with Gasteiger partial charge in [-0.25, -0.2) is 9.59 Å². The number of rotatable bonds is 5. The lowest BCUT2D eigenvalue weighted by atomic mass is 10.2. The van der Waals surface area contributed by atoms with Crippen LogP contribution in [-0.2, 0) is 4.74 Å². The Morgan fingerprint density at radius 3 is 2.61 bits per heavy atom. The van der Waals surface area contributed by atoms with Crippen LogP contribution in [0.15, 0.2) is 41.3 Å². The SMILES string of the molecule is O=C(Nc1ccc([N+](=O)[O-])cc1)Nc1ccn([C@H]2C[C@@H](O)C(CO)O2)c(=O)n1. The first kappa shape index (κ1) is 19.4. The van der Waals surface area contributed by atoms with Crippen molar-refractivity contribution in [1.82, 2.24) is 9.55 Å². The molecule has 1 saturated heterocycles. The maximum absolute atomic E-state index is 12.2. The van der Waals surface area contributed by atoms with Crippen molar-refractivity contribution in [2.45, 2.75) is 24.9 Å². The van der Waals surface area contributed by atoms with Gasteiger partial charge in [-0.1, -0.05) is 0 Å². The molecule has 28 heavy (non-hydrogen) atoms. The number of anilines is 2. The van der Waals surface area contributed by atoms with E-state index in [-0.39, 0.29) is 24.5 Å². The van der Waals surface area contributed by atoms with Crippen molar-refractivity contribution in [3.63, 3.8) is 0 Å². The number of nitro groups is 1. The Hall–Kier alpha value is -3.35. The molecule has 1 aromatic carbocycles. The van der Waals surface area contributed by atoms with Gasteiger partial charge in [-0.15, -0.1) is 0 Å². The number of aliphatic hydroxyl groups excluding tert-OH is 2. The lowest BCUT2D eigenvalue weighted by Gasteiger charge is -2.14. The van der Waals surface area contributed by atoms with Gasteiger partial charge in [-0.2, -0.15) is 4.98 Å². The van der Waals surface area contributed by atoms with Crippen LogP contribution in [-0.4, -0.2) is 49.5 Å². The third kappa shape index (κ3) is 4.31. The maximum Gasteiger partial charge on any atom is 0.351 e. The number of aliphatic hydroxyl groups is 2. The van der Waals surface area contributed by atoms with Crippen LogP contribution >= 0.6 is 0 Å². The number of hydrogen-bond donors (Lipinski definition) is 4. The fraction of sp³-hybridized carbons (Fsp3) is 0.312. The molecule has 0 bridgehead atoms. The lowest BCUT2D eigenvalue weighted by molar-refractivity contribution is -0.384. The van der Waals surface area contributed by atoms with Gasteiger partial charge in [0.2, 0.25) is 0 Å². The van der Waals surface area contributed by atoms with Crippen molar-refractivity contribution < 1.29 is 24.7 Å². The zero-order chi connectivity index (χ0) is 20.3. The van der Waals surface area contributed by atoms with E-state index in [1.807, 2.05) is 0 Å². The first-order valence-corrected chi connectivity index (χ1v) is 8.23. The summed E-state index contributed by atoms with van der Waals surface area (Å²) in [6, 6.07) is 5.90. The van der Waals surface area contributed by atoms with Crippen LogP contribution in [0, 0.1) is 10.1 Å². The van der Waals surface area contributed by atoms with Crippen LogP contribution in [0.1, 0.15) is 12.6 Å². The summed E-state index contributed by atoms with van der Waals surface area (Å²) < 4.78 is 6.54. The van der Waals surface area contributed by atoms with Crippen molar-refractivity contribution in [2.24, 2.45) is 0 Å². The van der Waals surface area contributed by atoms with Gasteiger partial charge >= 0.3 is 11.7 Å². The molecule has 3 rings (SSSR count). The number of amides is 2. The van der Waals surface area contributed by atoms with Gasteiger partial charge in [0.1, 0.15) is 18.1 Å². The highest BCUT2D eigenvalue weighted by Gasteiger charge is 2.34. The largest absolute Gasteiger partial charge is 0.394 e. The minimum Gasteiger partial charge on any atom is -0.394 e. The van der Waals surface area contributed by atoms with E-state index in [2.05, 4.69) is 15.6 Å². The standard InChI is InChI=1S/C16H17N5O7/c22-8-12-11(23)7-14(28-12)20-6-5-13(19-16(20)25)18-15(24)17-9-1-3-10(4-2-9)21(26)27/h1-6,11-12,14,22-23H,7-8H2,(H2,17,18,19,24,25)/t11-,12?,14-/m1/s1. The molecule has 1 aliphatic rings. The number of ether oxygens (including phenoxy) is 1. The molecule has 148 valence electrons. The Labute approximate surface area is 157 Å². The summed E-state index contributed by atoms with van der Waals surface area (Å²) in [6.45, 7) is -0.373. The molecule has 1 unspecified atom stereocenters. The van der Waals surface area contributed by atoms with E-state index in [1.165, 1.54) is 36.5 Å². The molecule has 0 aliphatic carbocycles. The summed E-state index contributed by atoms with van der Waals surface area (Å²) in [6.07, 6.45) is -0.960. The van der Waals surface area contributed by atoms with Crippen molar-refractivity contribution in [2.75, 3.05) is 17.2 Å². The van der Waals surface area contributed by atoms with E-state index in [0.717, 1.165) is 4.57 Å². The van der Waals surface area contributed by atoms with E-state index in [0.29, 0.717) is 5.69 Å². The Kier molecular flexibility index (Phi) is 5.63. The molecule has 1 fully saturated rings. The fourth-order valence-electron chi connectivity index (χ4n) is 2.70. The average Bonchev–Trinajstić information content (AvgIpc) is 3.02. The fourth-order valence-corrected chi connectivity index (χ4v) is 2.70. The molecule has 1 aliphatic heterocycles. The number of carbonyl (C=O) groups is 1. The summed E-state index contributed by atoms with van der Waals surface area (Å²) in [5.74, 6) is -0.0158. The molecule has 1 aromatic heterocycles.